The largest absolute Gasteiger partial charge is 0.476 e. The molecule has 3 aromatic rings. The smallest absolute Gasteiger partial charge is 0.260 e. The van der Waals surface area contributed by atoms with E-state index in [-0.39, 0.29) is 22.4 Å². The van der Waals surface area contributed by atoms with E-state index in [1.165, 1.54) is 6.20 Å². The van der Waals surface area contributed by atoms with Crippen LogP contribution in [0.5, 0.6) is 5.88 Å². The maximum atomic E-state index is 12.6. The van der Waals surface area contributed by atoms with Crippen molar-refractivity contribution in [2.45, 2.75) is 39.0 Å². The lowest BCUT2D eigenvalue weighted by molar-refractivity contribution is 0.0657. The van der Waals surface area contributed by atoms with Gasteiger partial charge in [0.05, 0.1) is 18.5 Å². The number of carbonyl (C=O) groups is 1. The molecule has 3 aromatic heterocycles. The fourth-order valence-electron chi connectivity index (χ4n) is 3.57. The Hall–Kier alpha value is -3.16. The molecule has 0 bridgehead atoms. The standard InChI is InChI=1S/C22H27N5O3/c1-22(2,3)17-13-27-18(24-17)6-7-19(25-27)30-14-15-8-11-26(12-9-15)21(29)16-5-4-10-23-20(16)28/h4-7,10,13,15H,8-9,11-12,14H2,1-3H3,(H,23,28). The van der Waals surface area contributed by atoms with Gasteiger partial charge in [0.15, 0.2) is 5.65 Å². The van der Waals surface area contributed by atoms with Crippen LogP contribution < -0.4 is 10.3 Å². The monoisotopic (exact) mass is 409 g/mol. The summed E-state index contributed by atoms with van der Waals surface area (Å²) in [6.45, 7) is 8.15. The quantitative estimate of drug-likeness (QED) is 0.715. The van der Waals surface area contributed by atoms with Crippen LogP contribution >= 0.6 is 0 Å². The minimum Gasteiger partial charge on any atom is -0.476 e. The van der Waals surface area contributed by atoms with Crippen LogP contribution in [0.1, 0.15) is 49.7 Å². The molecule has 4 rings (SSSR count). The number of ether oxygens (including phenoxy) is 1. The zero-order chi connectivity index (χ0) is 21.3. The van der Waals surface area contributed by atoms with Crippen LogP contribution in [0.25, 0.3) is 5.65 Å². The van der Waals surface area contributed by atoms with Gasteiger partial charge in [0.1, 0.15) is 5.56 Å². The van der Waals surface area contributed by atoms with Crippen LogP contribution in [-0.2, 0) is 5.41 Å². The van der Waals surface area contributed by atoms with Crippen molar-refractivity contribution < 1.29 is 9.53 Å². The Kier molecular flexibility index (Phi) is 5.32. The number of H-pyrrole nitrogens is 1. The molecule has 1 N–H and O–H groups in total. The van der Waals surface area contributed by atoms with Crippen molar-refractivity contribution in [2.75, 3.05) is 19.7 Å². The van der Waals surface area contributed by atoms with E-state index in [0.29, 0.717) is 31.5 Å². The average molecular weight is 409 g/mol. The third-order valence-corrected chi connectivity index (χ3v) is 5.48. The van der Waals surface area contributed by atoms with E-state index in [9.17, 15) is 9.59 Å². The van der Waals surface area contributed by atoms with Crippen molar-refractivity contribution in [3.8, 4) is 5.88 Å². The van der Waals surface area contributed by atoms with Crippen LogP contribution in [0, 0.1) is 5.92 Å². The minimum atomic E-state index is -0.344. The number of aromatic amines is 1. The molecule has 1 aliphatic rings. The first-order valence-electron chi connectivity index (χ1n) is 10.3. The zero-order valence-electron chi connectivity index (χ0n) is 17.6. The van der Waals surface area contributed by atoms with Crippen molar-refractivity contribution in [3.63, 3.8) is 0 Å². The maximum absolute atomic E-state index is 12.6. The van der Waals surface area contributed by atoms with Gasteiger partial charge in [0, 0.05) is 30.8 Å². The Bertz CT molecular complexity index is 1100. The summed E-state index contributed by atoms with van der Waals surface area (Å²) in [5, 5.41) is 4.52. The highest BCUT2D eigenvalue weighted by atomic mass is 16.5. The molecule has 4 heterocycles. The Labute approximate surface area is 174 Å². The molecule has 8 heteroatoms. The van der Waals surface area contributed by atoms with Crippen LogP contribution in [0.2, 0.25) is 0 Å². The molecular weight excluding hydrogens is 382 g/mol. The first-order chi connectivity index (χ1) is 14.3. The number of nitrogens with zero attached hydrogens (tertiary/aromatic N) is 4. The molecule has 8 nitrogen and oxygen atoms in total. The van der Waals surface area contributed by atoms with Crippen molar-refractivity contribution >= 4 is 11.6 Å². The van der Waals surface area contributed by atoms with Gasteiger partial charge in [0.25, 0.3) is 11.5 Å². The van der Waals surface area contributed by atoms with Gasteiger partial charge in [-0.25, -0.2) is 9.50 Å². The molecule has 1 fully saturated rings. The van der Waals surface area contributed by atoms with Crippen LogP contribution in [0.3, 0.4) is 0 Å². The summed E-state index contributed by atoms with van der Waals surface area (Å²) in [5.74, 6) is 0.696. The van der Waals surface area contributed by atoms with E-state index in [0.717, 1.165) is 24.2 Å². The van der Waals surface area contributed by atoms with Crippen molar-refractivity contribution in [1.29, 1.82) is 0 Å². The number of piperidine rings is 1. The fraction of sp³-hybridized carbons (Fsp3) is 0.455. The number of hydrogen-bond donors (Lipinski definition) is 1. The van der Waals surface area contributed by atoms with E-state index in [2.05, 4.69) is 35.8 Å². The second-order valence-electron chi connectivity index (χ2n) is 8.81. The molecule has 0 aromatic carbocycles. The molecule has 0 spiro atoms. The number of hydrogen-bond acceptors (Lipinski definition) is 5. The summed E-state index contributed by atoms with van der Waals surface area (Å²) in [7, 11) is 0. The Morgan fingerprint density at radius 3 is 2.70 bits per heavy atom. The number of amides is 1. The summed E-state index contributed by atoms with van der Waals surface area (Å²) in [4.78, 5) is 33.3. The second kappa shape index (κ2) is 7.93. The van der Waals surface area contributed by atoms with E-state index in [1.54, 1.807) is 21.5 Å². The van der Waals surface area contributed by atoms with Crippen molar-refractivity contribution in [1.82, 2.24) is 24.5 Å². The molecule has 1 aliphatic heterocycles. The maximum Gasteiger partial charge on any atom is 0.260 e. The van der Waals surface area contributed by atoms with Gasteiger partial charge in [-0.05, 0) is 37.0 Å². The highest BCUT2D eigenvalue weighted by molar-refractivity contribution is 5.93. The van der Waals surface area contributed by atoms with Gasteiger partial charge in [0.2, 0.25) is 5.88 Å². The van der Waals surface area contributed by atoms with Crippen molar-refractivity contribution in [3.05, 3.63) is 58.3 Å². The lowest BCUT2D eigenvalue weighted by Crippen LogP contribution is -2.41. The predicted molar refractivity (Wildman–Crippen MR) is 113 cm³/mol. The third kappa shape index (κ3) is 4.22. The predicted octanol–water partition coefficient (Wildman–Crippen LogP) is 2.65. The van der Waals surface area contributed by atoms with E-state index >= 15 is 0 Å². The third-order valence-electron chi connectivity index (χ3n) is 5.48. The summed E-state index contributed by atoms with van der Waals surface area (Å²) in [5.41, 5.74) is 1.60. The van der Waals surface area contributed by atoms with Gasteiger partial charge < -0.3 is 14.6 Å². The molecular formula is C22H27N5O3. The fourth-order valence-corrected chi connectivity index (χ4v) is 3.57. The van der Waals surface area contributed by atoms with Crippen LogP contribution in [0.15, 0.2) is 41.5 Å². The molecule has 0 saturated carbocycles. The molecule has 1 saturated heterocycles. The lowest BCUT2D eigenvalue weighted by Gasteiger charge is -2.31. The number of imidazole rings is 1. The molecule has 1 amide bonds. The van der Waals surface area contributed by atoms with Gasteiger partial charge in [-0.1, -0.05) is 20.8 Å². The number of pyridine rings is 1. The van der Waals surface area contributed by atoms with Crippen molar-refractivity contribution in [2.24, 2.45) is 5.92 Å². The number of nitrogens with one attached hydrogen (secondary N) is 1. The molecule has 0 unspecified atom stereocenters. The van der Waals surface area contributed by atoms with Crippen LogP contribution in [0.4, 0.5) is 0 Å². The van der Waals surface area contributed by atoms with Gasteiger partial charge in [-0.15, -0.1) is 5.10 Å². The van der Waals surface area contributed by atoms with E-state index in [1.807, 2.05) is 18.3 Å². The summed E-state index contributed by atoms with van der Waals surface area (Å²) in [6.07, 6.45) is 5.13. The number of fused-ring (bicyclic) bond motifs is 1. The molecule has 158 valence electrons. The molecule has 0 aliphatic carbocycles. The van der Waals surface area contributed by atoms with Gasteiger partial charge in [-0.3, -0.25) is 9.59 Å². The number of rotatable bonds is 4. The normalized spacial score (nSPS) is 15.5. The summed E-state index contributed by atoms with van der Waals surface area (Å²) in [6, 6.07) is 6.99. The van der Waals surface area contributed by atoms with E-state index < -0.39 is 0 Å². The van der Waals surface area contributed by atoms with Gasteiger partial charge in [-0.2, -0.15) is 0 Å². The highest BCUT2D eigenvalue weighted by Crippen LogP contribution is 2.23. The molecule has 0 radical (unpaired) electrons. The molecule has 30 heavy (non-hydrogen) atoms. The topological polar surface area (TPSA) is 92.6 Å². The second-order valence-corrected chi connectivity index (χ2v) is 8.81. The number of carbonyl (C=O) groups excluding carboxylic acids is 1. The van der Waals surface area contributed by atoms with Crippen LogP contribution in [-0.4, -0.2) is 50.1 Å². The van der Waals surface area contributed by atoms with Gasteiger partial charge >= 0.3 is 0 Å². The summed E-state index contributed by atoms with van der Waals surface area (Å²) >= 11 is 0. The first kappa shape index (κ1) is 20.1. The Morgan fingerprint density at radius 1 is 1.23 bits per heavy atom. The highest BCUT2D eigenvalue weighted by Gasteiger charge is 2.25. The number of likely N-dealkylation sites (tertiary alicyclic amines) is 1. The lowest BCUT2D eigenvalue weighted by atomic mass is 9.93. The average Bonchev–Trinajstić information content (AvgIpc) is 3.16. The zero-order valence-corrected chi connectivity index (χ0v) is 17.6. The molecule has 0 atom stereocenters. The Morgan fingerprint density at radius 2 is 2.00 bits per heavy atom. The summed E-state index contributed by atoms with van der Waals surface area (Å²) < 4.78 is 7.69. The van der Waals surface area contributed by atoms with E-state index in [4.69, 9.17) is 4.74 Å². The number of aromatic nitrogens is 4. The first-order valence-corrected chi connectivity index (χ1v) is 10.3. The Balaban J connectivity index is 1.33. The minimum absolute atomic E-state index is 0.0369. The SMILES string of the molecule is CC(C)(C)c1cn2nc(OCC3CCN(C(=O)c4ccc[nH]c4=O)CC3)ccc2n1.